The Labute approximate surface area is 95.7 Å². The summed E-state index contributed by atoms with van der Waals surface area (Å²) in [6.07, 6.45) is 2.46. The van der Waals surface area contributed by atoms with E-state index in [1.807, 2.05) is 12.1 Å². The average Bonchev–Trinajstić information content (AvgIpc) is 2.18. The number of anilines is 1. The molecule has 0 radical (unpaired) electrons. The Morgan fingerprint density at radius 2 is 2.27 bits per heavy atom. The van der Waals surface area contributed by atoms with E-state index < -0.39 is 0 Å². The molecule has 0 aliphatic carbocycles. The Bertz CT molecular complexity index is 304. The van der Waals surface area contributed by atoms with Gasteiger partial charge < -0.3 is 10.0 Å². The molecule has 0 saturated heterocycles. The number of aliphatic hydroxyl groups is 1. The number of hydrogen-bond donors (Lipinski definition) is 1. The molecule has 0 amide bonds. The molecule has 1 rings (SSSR count). The van der Waals surface area contributed by atoms with E-state index in [0.717, 1.165) is 18.7 Å². The summed E-state index contributed by atoms with van der Waals surface area (Å²) in [6.45, 7) is 5.27. The zero-order valence-electron chi connectivity index (χ0n) is 9.15. The van der Waals surface area contributed by atoms with Crippen molar-refractivity contribution in [3.63, 3.8) is 0 Å². The molecule has 0 aliphatic rings. The van der Waals surface area contributed by atoms with Crippen LogP contribution in [-0.2, 0) is 0 Å². The summed E-state index contributed by atoms with van der Waals surface area (Å²) in [5, 5.41) is 9.34. The van der Waals surface area contributed by atoms with Crippen molar-refractivity contribution in [1.29, 1.82) is 0 Å². The van der Waals surface area contributed by atoms with Crippen molar-refractivity contribution in [3.8, 4) is 0 Å². The van der Waals surface area contributed by atoms with Crippen molar-refractivity contribution in [1.82, 2.24) is 4.98 Å². The summed E-state index contributed by atoms with van der Waals surface area (Å²) in [7, 11) is 0. The Balaban J connectivity index is 2.79. The Kier molecular flexibility index (Phi) is 4.85. The molecule has 0 atom stereocenters. The molecule has 84 valence electrons. The molecule has 0 aromatic carbocycles. The number of pyridine rings is 1. The second-order valence-corrected chi connectivity index (χ2v) is 4.09. The maximum Gasteiger partial charge on any atom is 0.131 e. The van der Waals surface area contributed by atoms with Gasteiger partial charge in [-0.3, -0.25) is 0 Å². The topological polar surface area (TPSA) is 36.4 Å². The smallest absolute Gasteiger partial charge is 0.131 e. The first kappa shape index (κ1) is 12.3. The molecule has 3 nitrogen and oxygen atoms in total. The minimum absolute atomic E-state index is 0.210. The minimum Gasteiger partial charge on any atom is -0.396 e. The van der Waals surface area contributed by atoms with Crippen LogP contribution in [0.15, 0.2) is 18.3 Å². The fourth-order valence-corrected chi connectivity index (χ4v) is 1.67. The van der Waals surface area contributed by atoms with Gasteiger partial charge in [-0.05, 0) is 32.4 Å². The predicted molar refractivity (Wildman–Crippen MR) is 63.4 cm³/mol. The molecule has 15 heavy (non-hydrogen) atoms. The number of nitrogens with zero attached hydrogens (tertiary/aromatic N) is 2. The van der Waals surface area contributed by atoms with Gasteiger partial charge in [-0.15, -0.1) is 0 Å². The lowest BCUT2D eigenvalue weighted by Crippen LogP contribution is -2.32. The lowest BCUT2D eigenvalue weighted by Gasteiger charge is -2.28. The molecule has 1 heterocycles. The second-order valence-electron chi connectivity index (χ2n) is 3.70. The van der Waals surface area contributed by atoms with Crippen LogP contribution in [-0.4, -0.2) is 29.3 Å². The lowest BCUT2D eigenvalue weighted by atomic mass is 10.2. The standard InChI is InChI=1S/C11H17ClN2O/c1-9(2)14(6-3-7-15)10-4-5-13-11(12)8-10/h4-5,8-9,15H,3,6-7H2,1-2H3. The van der Waals surface area contributed by atoms with Gasteiger partial charge >= 0.3 is 0 Å². The van der Waals surface area contributed by atoms with E-state index in [0.29, 0.717) is 11.2 Å². The van der Waals surface area contributed by atoms with Gasteiger partial charge in [-0.25, -0.2) is 4.98 Å². The van der Waals surface area contributed by atoms with Gasteiger partial charge in [-0.1, -0.05) is 11.6 Å². The van der Waals surface area contributed by atoms with Gasteiger partial charge in [0.05, 0.1) is 0 Å². The summed E-state index contributed by atoms with van der Waals surface area (Å²) >= 11 is 5.84. The molecule has 0 aliphatic heterocycles. The molecule has 4 heteroatoms. The van der Waals surface area contributed by atoms with Crippen LogP contribution in [0.4, 0.5) is 5.69 Å². The molecule has 1 N–H and O–H groups in total. The van der Waals surface area contributed by atoms with Gasteiger partial charge in [0.2, 0.25) is 0 Å². The van der Waals surface area contributed by atoms with Gasteiger partial charge in [0.25, 0.3) is 0 Å². The highest BCUT2D eigenvalue weighted by Crippen LogP contribution is 2.19. The van der Waals surface area contributed by atoms with Crippen molar-refractivity contribution in [2.45, 2.75) is 26.3 Å². The summed E-state index contributed by atoms with van der Waals surface area (Å²) in [6, 6.07) is 4.16. The van der Waals surface area contributed by atoms with Crippen LogP contribution in [0.1, 0.15) is 20.3 Å². The van der Waals surface area contributed by atoms with E-state index in [4.69, 9.17) is 16.7 Å². The molecular formula is C11H17ClN2O. The molecule has 1 aromatic heterocycles. The van der Waals surface area contributed by atoms with E-state index in [9.17, 15) is 0 Å². The third kappa shape index (κ3) is 3.68. The van der Waals surface area contributed by atoms with Crippen molar-refractivity contribution in [2.24, 2.45) is 0 Å². The highest BCUT2D eigenvalue weighted by molar-refractivity contribution is 6.29. The molecule has 0 bridgehead atoms. The number of halogens is 1. The predicted octanol–water partition coefficient (Wildman–Crippen LogP) is 2.33. The summed E-state index contributed by atoms with van der Waals surface area (Å²) in [5.41, 5.74) is 1.05. The summed E-state index contributed by atoms with van der Waals surface area (Å²) < 4.78 is 0. The number of rotatable bonds is 5. The van der Waals surface area contributed by atoms with Crippen molar-refractivity contribution < 1.29 is 5.11 Å². The maximum atomic E-state index is 8.83. The van der Waals surface area contributed by atoms with E-state index in [2.05, 4.69) is 23.7 Å². The fraction of sp³-hybridized carbons (Fsp3) is 0.545. The van der Waals surface area contributed by atoms with Crippen LogP contribution in [0.2, 0.25) is 5.15 Å². The quantitative estimate of drug-likeness (QED) is 0.786. The zero-order valence-corrected chi connectivity index (χ0v) is 9.91. The first-order valence-electron chi connectivity index (χ1n) is 5.14. The number of hydrogen-bond acceptors (Lipinski definition) is 3. The SMILES string of the molecule is CC(C)N(CCCO)c1ccnc(Cl)c1. The van der Waals surface area contributed by atoms with E-state index >= 15 is 0 Å². The minimum atomic E-state index is 0.210. The normalized spacial score (nSPS) is 10.7. The van der Waals surface area contributed by atoms with Gasteiger partial charge in [0.1, 0.15) is 5.15 Å². The van der Waals surface area contributed by atoms with Gasteiger partial charge in [0.15, 0.2) is 0 Å². The van der Waals surface area contributed by atoms with Crippen LogP contribution in [0.25, 0.3) is 0 Å². The lowest BCUT2D eigenvalue weighted by molar-refractivity contribution is 0.288. The van der Waals surface area contributed by atoms with Crippen LogP contribution >= 0.6 is 11.6 Å². The van der Waals surface area contributed by atoms with E-state index in [1.54, 1.807) is 6.20 Å². The van der Waals surface area contributed by atoms with Gasteiger partial charge in [-0.2, -0.15) is 0 Å². The van der Waals surface area contributed by atoms with Crippen LogP contribution < -0.4 is 4.90 Å². The maximum absolute atomic E-state index is 8.83. The summed E-state index contributed by atoms with van der Waals surface area (Å²) in [4.78, 5) is 6.15. The molecule has 1 aromatic rings. The van der Waals surface area contributed by atoms with Crippen LogP contribution in [0.3, 0.4) is 0 Å². The third-order valence-corrected chi connectivity index (χ3v) is 2.43. The third-order valence-electron chi connectivity index (χ3n) is 2.22. The number of aliphatic hydroxyl groups excluding tert-OH is 1. The van der Waals surface area contributed by atoms with E-state index in [1.165, 1.54) is 0 Å². The van der Waals surface area contributed by atoms with Crippen molar-refractivity contribution in [3.05, 3.63) is 23.5 Å². The molecule has 0 spiro atoms. The summed E-state index contributed by atoms with van der Waals surface area (Å²) in [5.74, 6) is 0. The van der Waals surface area contributed by atoms with Crippen molar-refractivity contribution >= 4 is 17.3 Å². The average molecular weight is 229 g/mol. The van der Waals surface area contributed by atoms with Gasteiger partial charge in [0, 0.05) is 31.1 Å². The number of aromatic nitrogens is 1. The highest BCUT2D eigenvalue weighted by Gasteiger charge is 2.10. The largest absolute Gasteiger partial charge is 0.396 e. The Hall–Kier alpha value is -0.800. The molecule has 0 unspecified atom stereocenters. The molecular weight excluding hydrogens is 212 g/mol. The highest BCUT2D eigenvalue weighted by atomic mass is 35.5. The second kappa shape index (κ2) is 5.93. The van der Waals surface area contributed by atoms with Crippen LogP contribution in [0, 0.1) is 0 Å². The van der Waals surface area contributed by atoms with E-state index in [-0.39, 0.29) is 6.61 Å². The first-order chi connectivity index (χ1) is 7.15. The Morgan fingerprint density at radius 1 is 1.53 bits per heavy atom. The monoisotopic (exact) mass is 228 g/mol. The molecule has 0 fully saturated rings. The van der Waals surface area contributed by atoms with Crippen molar-refractivity contribution in [2.75, 3.05) is 18.1 Å². The first-order valence-corrected chi connectivity index (χ1v) is 5.52. The zero-order chi connectivity index (χ0) is 11.3. The Morgan fingerprint density at radius 3 is 2.80 bits per heavy atom. The van der Waals surface area contributed by atoms with Crippen LogP contribution in [0.5, 0.6) is 0 Å². The fourth-order valence-electron chi connectivity index (χ4n) is 1.50. The molecule has 0 saturated carbocycles.